The van der Waals surface area contributed by atoms with E-state index in [1.165, 1.54) is 5.56 Å². The van der Waals surface area contributed by atoms with Crippen molar-refractivity contribution in [1.82, 2.24) is 0 Å². The molecule has 1 amide bonds. The van der Waals surface area contributed by atoms with Gasteiger partial charge in [-0.05, 0) is 24.6 Å². The second kappa shape index (κ2) is 4.86. The molecule has 0 bridgehead atoms. The summed E-state index contributed by atoms with van der Waals surface area (Å²) < 4.78 is 5.46. The quantitative estimate of drug-likeness (QED) is 0.854. The summed E-state index contributed by atoms with van der Waals surface area (Å²) in [4.78, 5) is 12.0. The molecule has 2 aromatic rings. The van der Waals surface area contributed by atoms with Crippen LogP contribution in [-0.4, -0.2) is 12.0 Å². The topological polar surface area (TPSA) is 41.6 Å². The van der Waals surface area contributed by atoms with E-state index in [1.54, 1.807) is 0 Å². The van der Waals surface area contributed by atoms with E-state index in [9.17, 15) is 4.79 Å². The Morgan fingerprint density at radius 2 is 1.74 bits per heavy atom. The van der Waals surface area contributed by atoms with Crippen LogP contribution in [0.4, 0.5) is 5.69 Å². The number of aryl methyl sites for hydroxylation is 1. The Bertz CT molecular complexity index is 577. The lowest BCUT2D eigenvalue weighted by Gasteiger charge is -2.02. The maximum absolute atomic E-state index is 12.0. The van der Waals surface area contributed by atoms with Gasteiger partial charge in [0.15, 0.2) is 6.10 Å². The Kier molecular flexibility index (Phi) is 3.05. The summed E-state index contributed by atoms with van der Waals surface area (Å²) in [6, 6.07) is 17.5. The van der Waals surface area contributed by atoms with Crippen LogP contribution in [0.25, 0.3) is 0 Å². The number of carbonyl (C=O) groups is 1. The van der Waals surface area contributed by atoms with Gasteiger partial charge in [0.2, 0.25) is 0 Å². The molecular weight excluding hydrogens is 238 g/mol. The first-order valence-corrected chi connectivity index (χ1v) is 6.32. The predicted octanol–water partition coefficient (Wildman–Crippen LogP) is 3.07. The SMILES string of the molecule is Cc1ccc([C@@H]2O[C@@H]2C(=O)Nc2ccccc2)cc1. The first-order chi connectivity index (χ1) is 9.24. The van der Waals surface area contributed by atoms with Crippen LogP contribution in [0.5, 0.6) is 0 Å². The van der Waals surface area contributed by atoms with Crippen LogP contribution in [0.1, 0.15) is 17.2 Å². The molecule has 1 aliphatic heterocycles. The van der Waals surface area contributed by atoms with E-state index in [0.29, 0.717) is 0 Å². The van der Waals surface area contributed by atoms with Crippen molar-refractivity contribution in [2.45, 2.75) is 19.1 Å². The van der Waals surface area contributed by atoms with Crippen LogP contribution >= 0.6 is 0 Å². The highest BCUT2D eigenvalue weighted by atomic mass is 16.6. The average Bonchev–Trinajstić information content (AvgIpc) is 3.21. The highest BCUT2D eigenvalue weighted by Gasteiger charge is 2.46. The van der Waals surface area contributed by atoms with Gasteiger partial charge in [0.1, 0.15) is 6.10 Å². The first-order valence-electron chi connectivity index (χ1n) is 6.32. The van der Waals surface area contributed by atoms with Crippen LogP contribution < -0.4 is 5.32 Å². The highest BCUT2D eigenvalue weighted by molar-refractivity contribution is 5.96. The summed E-state index contributed by atoms with van der Waals surface area (Å²) in [5.41, 5.74) is 3.05. The largest absolute Gasteiger partial charge is 0.354 e. The number of hydrogen-bond acceptors (Lipinski definition) is 2. The molecule has 1 aliphatic rings. The van der Waals surface area contributed by atoms with Crippen LogP contribution in [-0.2, 0) is 9.53 Å². The zero-order valence-corrected chi connectivity index (χ0v) is 10.7. The molecule has 1 N–H and O–H groups in total. The third-order valence-electron chi connectivity index (χ3n) is 3.20. The van der Waals surface area contributed by atoms with Gasteiger partial charge in [-0.2, -0.15) is 0 Å². The molecule has 1 saturated heterocycles. The second-order valence-corrected chi connectivity index (χ2v) is 4.74. The van der Waals surface area contributed by atoms with E-state index in [-0.39, 0.29) is 18.1 Å². The average molecular weight is 253 g/mol. The summed E-state index contributed by atoms with van der Waals surface area (Å²) in [6.45, 7) is 2.04. The number of rotatable bonds is 3. The van der Waals surface area contributed by atoms with Gasteiger partial charge < -0.3 is 10.1 Å². The van der Waals surface area contributed by atoms with Crippen molar-refractivity contribution in [3.63, 3.8) is 0 Å². The smallest absolute Gasteiger partial charge is 0.256 e. The predicted molar refractivity (Wildman–Crippen MR) is 73.9 cm³/mol. The van der Waals surface area contributed by atoms with Gasteiger partial charge in [-0.1, -0.05) is 48.0 Å². The molecule has 0 saturated carbocycles. The highest BCUT2D eigenvalue weighted by Crippen LogP contribution is 2.39. The lowest BCUT2D eigenvalue weighted by molar-refractivity contribution is -0.117. The lowest BCUT2D eigenvalue weighted by Crippen LogP contribution is -2.18. The van der Waals surface area contributed by atoms with Gasteiger partial charge in [0.25, 0.3) is 5.91 Å². The van der Waals surface area contributed by atoms with Crippen LogP contribution in [0.2, 0.25) is 0 Å². The van der Waals surface area contributed by atoms with E-state index in [4.69, 9.17) is 4.74 Å². The standard InChI is InChI=1S/C16H15NO2/c1-11-7-9-12(10-8-11)14-15(19-14)16(18)17-13-5-3-2-4-6-13/h2-10,14-15H,1H3,(H,17,18)/t14-,15-/m0/s1. The third kappa shape index (κ3) is 2.66. The molecule has 3 nitrogen and oxygen atoms in total. The molecule has 19 heavy (non-hydrogen) atoms. The number of epoxide rings is 1. The first kappa shape index (κ1) is 11.9. The maximum Gasteiger partial charge on any atom is 0.256 e. The molecule has 0 radical (unpaired) electrons. The minimum absolute atomic E-state index is 0.0863. The molecular formula is C16H15NO2. The van der Waals surface area contributed by atoms with Gasteiger partial charge in [-0.25, -0.2) is 0 Å². The van der Waals surface area contributed by atoms with Crippen LogP contribution in [0.3, 0.4) is 0 Å². The molecule has 2 aromatic carbocycles. The van der Waals surface area contributed by atoms with Gasteiger partial charge in [0, 0.05) is 5.69 Å². The lowest BCUT2D eigenvalue weighted by atomic mass is 10.1. The zero-order valence-electron chi connectivity index (χ0n) is 10.7. The number of benzene rings is 2. The van der Waals surface area contributed by atoms with Crippen LogP contribution in [0, 0.1) is 6.92 Å². The molecule has 0 spiro atoms. The summed E-state index contributed by atoms with van der Waals surface area (Å²) in [6.07, 6.45) is -0.479. The van der Waals surface area contributed by atoms with Crippen molar-refractivity contribution in [3.05, 3.63) is 65.7 Å². The van der Waals surface area contributed by atoms with Crippen molar-refractivity contribution in [2.75, 3.05) is 5.32 Å². The Hall–Kier alpha value is -2.13. The number of nitrogens with one attached hydrogen (secondary N) is 1. The van der Waals surface area contributed by atoms with Crippen molar-refractivity contribution in [2.24, 2.45) is 0 Å². The van der Waals surface area contributed by atoms with Gasteiger partial charge >= 0.3 is 0 Å². The van der Waals surface area contributed by atoms with Crippen molar-refractivity contribution < 1.29 is 9.53 Å². The fourth-order valence-electron chi connectivity index (χ4n) is 2.06. The monoisotopic (exact) mass is 253 g/mol. The summed E-state index contributed by atoms with van der Waals surface area (Å²) in [5.74, 6) is -0.0863. The maximum atomic E-state index is 12.0. The number of amides is 1. The summed E-state index contributed by atoms with van der Waals surface area (Å²) >= 11 is 0. The zero-order chi connectivity index (χ0) is 13.2. The number of para-hydroxylation sites is 1. The Labute approximate surface area is 112 Å². The fraction of sp³-hybridized carbons (Fsp3) is 0.188. The number of ether oxygens (including phenoxy) is 1. The molecule has 1 heterocycles. The second-order valence-electron chi connectivity index (χ2n) is 4.74. The molecule has 2 atom stereocenters. The molecule has 3 rings (SSSR count). The van der Waals surface area contributed by atoms with Crippen molar-refractivity contribution in [3.8, 4) is 0 Å². The number of carbonyl (C=O) groups excluding carboxylic acids is 1. The Morgan fingerprint density at radius 3 is 2.42 bits per heavy atom. The summed E-state index contributed by atoms with van der Waals surface area (Å²) in [5, 5.41) is 2.85. The summed E-state index contributed by atoms with van der Waals surface area (Å²) in [7, 11) is 0. The Balaban J connectivity index is 1.63. The van der Waals surface area contributed by atoms with Crippen molar-refractivity contribution >= 4 is 11.6 Å². The third-order valence-corrected chi connectivity index (χ3v) is 3.20. The molecule has 96 valence electrons. The minimum atomic E-state index is -0.372. The molecule has 3 heteroatoms. The van der Waals surface area contributed by atoms with E-state index in [1.807, 2.05) is 61.5 Å². The van der Waals surface area contributed by atoms with Crippen molar-refractivity contribution in [1.29, 1.82) is 0 Å². The number of hydrogen-bond donors (Lipinski definition) is 1. The van der Waals surface area contributed by atoms with Gasteiger partial charge in [-0.15, -0.1) is 0 Å². The van der Waals surface area contributed by atoms with E-state index in [2.05, 4.69) is 5.32 Å². The fourth-order valence-corrected chi connectivity index (χ4v) is 2.06. The number of anilines is 1. The van der Waals surface area contributed by atoms with E-state index >= 15 is 0 Å². The van der Waals surface area contributed by atoms with E-state index in [0.717, 1.165) is 11.3 Å². The van der Waals surface area contributed by atoms with Gasteiger partial charge in [-0.3, -0.25) is 4.79 Å². The minimum Gasteiger partial charge on any atom is -0.354 e. The van der Waals surface area contributed by atoms with Crippen LogP contribution in [0.15, 0.2) is 54.6 Å². The van der Waals surface area contributed by atoms with E-state index < -0.39 is 0 Å². The molecule has 0 unspecified atom stereocenters. The Morgan fingerprint density at radius 1 is 1.05 bits per heavy atom. The molecule has 0 aliphatic carbocycles. The molecule has 0 aromatic heterocycles. The van der Waals surface area contributed by atoms with Gasteiger partial charge in [0.05, 0.1) is 0 Å². The normalized spacial score (nSPS) is 20.9. The molecule has 1 fully saturated rings.